The second-order valence-electron chi connectivity index (χ2n) is 10.0. The summed E-state index contributed by atoms with van der Waals surface area (Å²) in [6.07, 6.45) is 3.02. The molecule has 2 heterocycles. The van der Waals surface area contributed by atoms with Crippen LogP contribution in [0.25, 0.3) is 0 Å². The van der Waals surface area contributed by atoms with Gasteiger partial charge in [-0.25, -0.2) is 4.39 Å². The van der Waals surface area contributed by atoms with Crippen LogP contribution in [-0.2, 0) is 0 Å². The molecule has 3 aromatic carbocycles. The Morgan fingerprint density at radius 2 is 1.50 bits per heavy atom. The van der Waals surface area contributed by atoms with Gasteiger partial charge in [0.25, 0.3) is 11.8 Å². The number of amides is 2. The monoisotopic (exact) mass is 541 g/mol. The summed E-state index contributed by atoms with van der Waals surface area (Å²) < 4.78 is 14.8. The number of carbonyl (C=O) groups is 2. The van der Waals surface area contributed by atoms with Gasteiger partial charge < -0.3 is 30.9 Å². The number of piperidine rings is 1. The van der Waals surface area contributed by atoms with Gasteiger partial charge in [-0.15, -0.1) is 0 Å². The molecule has 5 rings (SSSR count). The highest BCUT2D eigenvalue weighted by molar-refractivity contribution is 6.06. The molecule has 1 aromatic heterocycles. The van der Waals surface area contributed by atoms with E-state index in [2.05, 4.69) is 25.8 Å². The Balaban J connectivity index is 1.16. The Kier molecular flexibility index (Phi) is 7.84. The number of nitrogens with one attached hydrogen (secondary N) is 4. The first-order chi connectivity index (χ1) is 19.3. The fourth-order valence-electron chi connectivity index (χ4n) is 4.84. The number of aryl methyl sites for hydroxylation is 2. The van der Waals surface area contributed by atoms with Crippen molar-refractivity contribution in [3.8, 4) is 0 Å². The molecule has 0 saturated carbocycles. The van der Waals surface area contributed by atoms with Gasteiger partial charge in [-0.1, -0.05) is 0 Å². The van der Waals surface area contributed by atoms with E-state index < -0.39 is 5.82 Å². The molecule has 0 radical (unpaired) electrons. The number of H-pyrrole nitrogens is 1. The Bertz CT molecular complexity index is 1490. The molecule has 8 nitrogen and oxygen atoms in total. The maximum Gasteiger partial charge on any atom is 0.257 e. The predicted octanol–water partition coefficient (Wildman–Crippen LogP) is 5.98. The molecule has 1 saturated heterocycles. The van der Waals surface area contributed by atoms with Crippen molar-refractivity contribution in [3.05, 3.63) is 101 Å². The highest BCUT2D eigenvalue weighted by Crippen LogP contribution is 2.26. The van der Waals surface area contributed by atoms with E-state index in [1.54, 1.807) is 54.7 Å². The molecular formula is C31H32FN5O3. The first-order valence-electron chi connectivity index (χ1n) is 13.2. The number of aliphatic hydroxyl groups is 1. The number of aliphatic hydroxyl groups excluding tert-OH is 1. The summed E-state index contributed by atoms with van der Waals surface area (Å²) in [4.78, 5) is 30.5. The topological polar surface area (TPSA) is 109 Å². The third kappa shape index (κ3) is 6.16. The van der Waals surface area contributed by atoms with Crippen LogP contribution in [0, 0.1) is 19.7 Å². The molecular weight excluding hydrogens is 509 g/mol. The summed E-state index contributed by atoms with van der Waals surface area (Å²) >= 11 is 0. The third-order valence-electron chi connectivity index (χ3n) is 7.11. The van der Waals surface area contributed by atoms with Crippen molar-refractivity contribution in [2.24, 2.45) is 0 Å². The predicted molar refractivity (Wildman–Crippen MR) is 156 cm³/mol. The number of benzene rings is 3. The zero-order valence-corrected chi connectivity index (χ0v) is 22.4. The van der Waals surface area contributed by atoms with Crippen molar-refractivity contribution in [2.75, 3.05) is 33.9 Å². The van der Waals surface area contributed by atoms with Crippen LogP contribution in [0.2, 0.25) is 0 Å². The molecule has 0 spiro atoms. The Morgan fingerprint density at radius 1 is 0.875 bits per heavy atom. The largest absolute Gasteiger partial charge is 0.393 e. The van der Waals surface area contributed by atoms with Gasteiger partial charge in [-0.2, -0.15) is 0 Å². The summed E-state index contributed by atoms with van der Waals surface area (Å²) in [7, 11) is 0. The number of nitrogens with zero attached hydrogens (tertiary/aromatic N) is 1. The average molecular weight is 542 g/mol. The van der Waals surface area contributed by atoms with Gasteiger partial charge in [0, 0.05) is 53.3 Å². The summed E-state index contributed by atoms with van der Waals surface area (Å²) in [5.41, 5.74) is 5.56. The fraction of sp³-hybridized carbons (Fsp3) is 0.226. The number of halogens is 1. The molecule has 0 unspecified atom stereocenters. The van der Waals surface area contributed by atoms with Crippen molar-refractivity contribution >= 4 is 40.3 Å². The highest BCUT2D eigenvalue weighted by Gasteiger charge is 2.18. The molecule has 0 bridgehead atoms. The first kappa shape index (κ1) is 27.0. The maximum atomic E-state index is 14.8. The Hall–Kier alpha value is -4.63. The van der Waals surface area contributed by atoms with Crippen LogP contribution >= 0.6 is 0 Å². The van der Waals surface area contributed by atoms with Gasteiger partial charge in [-0.05, 0) is 99.0 Å². The molecule has 40 heavy (non-hydrogen) atoms. The van der Waals surface area contributed by atoms with Gasteiger partial charge in [0.05, 0.1) is 17.4 Å². The number of hydrogen-bond donors (Lipinski definition) is 5. The quantitative estimate of drug-likeness (QED) is 0.198. The summed E-state index contributed by atoms with van der Waals surface area (Å²) in [6.45, 7) is 5.24. The van der Waals surface area contributed by atoms with E-state index in [0.717, 1.165) is 42.9 Å². The number of hydrogen-bond acceptors (Lipinski definition) is 5. The summed E-state index contributed by atoms with van der Waals surface area (Å²) in [5, 5.41) is 18.3. The molecule has 2 amide bonds. The van der Waals surface area contributed by atoms with E-state index in [9.17, 15) is 19.1 Å². The average Bonchev–Trinajstić information content (AvgIpc) is 3.29. The molecule has 5 N–H and O–H groups in total. The van der Waals surface area contributed by atoms with Crippen LogP contribution in [0.1, 0.15) is 44.8 Å². The van der Waals surface area contributed by atoms with E-state index in [4.69, 9.17) is 0 Å². The van der Waals surface area contributed by atoms with E-state index >= 15 is 0 Å². The van der Waals surface area contributed by atoms with Crippen LogP contribution in [0.3, 0.4) is 0 Å². The highest BCUT2D eigenvalue weighted by atomic mass is 19.1. The first-order valence-corrected chi connectivity index (χ1v) is 13.2. The molecule has 9 heteroatoms. The van der Waals surface area contributed by atoms with Crippen LogP contribution in [0.4, 0.5) is 32.8 Å². The number of anilines is 5. The third-order valence-corrected chi connectivity index (χ3v) is 7.11. The van der Waals surface area contributed by atoms with Gasteiger partial charge in [0.2, 0.25) is 0 Å². The van der Waals surface area contributed by atoms with Crippen molar-refractivity contribution in [1.82, 2.24) is 4.98 Å². The molecule has 0 atom stereocenters. The molecule has 4 aromatic rings. The van der Waals surface area contributed by atoms with Gasteiger partial charge in [-0.3, -0.25) is 9.59 Å². The lowest BCUT2D eigenvalue weighted by molar-refractivity contribution is 0.101. The lowest BCUT2D eigenvalue weighted by Gasteiger charge is -2.31. The minimum absolute atomic E-state index is 0.227. The van der Waals surface area contributed by atoms with Crippen LogP contribution in [0.15, 0.2) is 72.9 Å². The Morgan fingerprint density at radius 3 is 2.12 bits per heavy atom. The lowest BCUT2D eigenvalue weighted by atomic mass is 10.1. The standard InChI is InChI=1S/C31H32FN5O3/c1-19-18-33-20(2)29(19)31(40)36-24-9-12-28(27(32)17-24)34-22-5-7-23(8-6-22)35-30(39)21-3-10-25(11-4-21)37-15-13-26(38)14-16-37/h3-12,17-18,26,33-34,38H,13-16H2,1-2H3,(H,35,39)(H,36,40). The zero-order chi connectivity index (χ0) is 28.2. The van der Waals surface area contributed by atoms with Crippen LogP contribution in [0.5, 0.6) is 0 Å². The number of aromatic amines is 1. The van der Waals surface area contributed by atoms with Crippen molar-refractivity contribution < 1.29 is 19.1 Å². The second kappa shape index (κ2) is 11.6. The van der Waals surface area contributed by atoms with Crippen LogP contribution in [-0.4, -0.2) is 41.1 Å². The van der Waals surface area contributed by atoms with Crippen LogP contribution < -0.4 is 20.9 Å². The lowest BCUT2D eigenvalue weighted by Crippen LogP contribution is -2.35. The normalized spacial score (nSPS) is 13.7. The number of rotatable bonds is 7. The van der Waals surface area contributed by atoms with Crippen molar-refractivity contribution in [3.63, 3.8) is 0 Å². The molecule has 206 valence electrons. The molecule has 0 aliphatic carbocycles. The van der Waals surface area contributed by atoms with Crippen molar-refractivity contribution in [2.45, 2.75) is 32.8 Å². The van der Waals surface area contributed by atoms with E-state index in [0.29, 0.717) is 28.2 Å². The van der Waals surface area contributed by atoms with Crippen molar-refractivity contribution in [1.29, 1.82) is 0 Å². The molecule has 1 fully saturated rings. The maximum absolute atomic E-state index is 14.8. The SMILES string of the molecule is Cc1c[nH]c(C)c1C(=O)Nc1ccc(Nc2ccc(NC(=O)c3ccc(N4CCC(O)CC4)cc3)cc2)c(F)c1. The molecule has 1 aliphatic heterocycles. The minimum atomic E-state index is -0.512. The number of carbonyl (C=O) groups excluding carboxylic acids is 2. The smallest absolute Gasteiger partial charge is 0.257 e. The van der Waals surface area contributed by atoms with E-state index in [-0.39, 0.29) is 23.6 Å². The zero-order valence-electron chi connectivity index (χ0n) is 22.4. The summed E-state index contributed by atoms with van der Waals surface area (Å²) in [5.74, 6) is -1.04. The van der Waals surface area contributed by atoms with E-state index in [1.165, 1.54) is 6.07 Å². The molecule has 1 aliphatic rings. The van der Waals surface area contributed by atoms with Gasteiger partial charge >= 0.3 is 0 Å². The van der Waals surface area contributed by atoms with Gasteiger partial charge in [0.1, 0.15) is 5.82 Å². The minimum Gasteiger partial charge on any atom is -0.393 e. The van der Waals surface area contributed by atoms with E-state index in [1.807, 2.05) is 26.0 Å². The fourth-order valence-corrected chi connectivity index (χ4v) is 4.84. The van der Waals surface area contributed by atoms with Gasteiger partial charge in [0.15, 0.2) is 0 Å². The number of aromatic nitrogens is 1. The second-order valence-corrected chi connectivity index (χ2v) is 10.0. The summed E-state index contributed by atoms with van der Waals surface area (Å²) in [6, 6.07) is 18.9. The Labute approximate surface area is 232 Å².